The van der Waals surface area contributed by atoms with Crippen molar-refractivity contribution in [1.29, 1.82) is 5.26 Å². The van der Waals surface area contributed by atoms with Crippen molar-refractivity contribution in [3.8, 4) is 6.07 Å². The summed E-state index contributed by atoms with van der Waals surface area (Å²) in [6.45, 7) is 4.57. The second-order valence-corrected chi connectivity index (χ2v) is 5.82. The highest BCUT2D eigenvalue weighted by Crippen LogP contribution is 2.30. The molecule has 0 aliphatic carbocycles. The Morgan fingerprint density at radius 1 is 1.21 bits per heavy atom. The molecule has 2 aliphatic rings. The number of rotatable bonds is 1. The largest absolute Gasteiger partial charge is 0.369 e. The van der Waals surface area contributed by atoms with Gasteiger partial charge in [-0.25, -0.2) is 0 Å². The van der Waals surface area contributed by atoms with Crippen LogP contribution in [0.25, 0.3) is 0 Å². The van der Waals surface area contributed by atoms with Crippen molar-refractivity contribution in [2.24, 2.45) is 0 Å². The second kappa shape index (κ2) is 5.40. The van der Waals surface area contributed by atoms with Crippen LogP contribution >= 0.6 is 11.6 Å². The highest BCUT2D eigenvalue weighted by Gasteiger charge is 2.29. The first-order valence-corrected chi connectivity index (χ1v) is 7.34. The molecule has 1 unspecified atom stereocenters. The summed E-state index contributed by atoms with van der Waals surface area (Å²) in [7, 11) is 0. The molecule has 0 spiro atoms. The van der Waals surface area contributed by atoms with Gasteiger partial charge in [0, 0.05) is 25.7 Å². The lowest BCUT2D eigenvalue weighted by Crippen LogP contribution is -2.36. The van der Waals surface area contributed by atoms with Gasteiger partial charge >= 0.3 is 0 Å². The van der Waals surface area contributed by atoms with Gasteiger partial charge in [0.05, 0.1) is 22.3 Å². The smallest absolute Gasteiger partial charge is 0.0992 e. The number of halogens is 1. The highest BCUT2D eigenvalue weighted by atomic mass is 35.5. The Kier molecular flexibility index (Phi) is 3.63. The number of anilines is 1. The lowest BCUT2D eigenvalue weighted by molar-refractivity contribution is 0.273. The van der Waals surface area contributed by atoms with Crippen LogP contribution in [0.2, 0.25) is 5.02 Å². The van der Waals surface area contributed by atoms with E-state index in [0.29, 0.717) is 16.6 Å². The lowest BCUT2D eigenvalue weighted by Gasteiger charge is -2.28. The fourth-order valence-electron chi connectivity index (χ4n) is 3.26. The van der Waals surface area contributed by atoms with Gasteiger partial charge in [0.1, 0.15) is 0 Å². The minimum atomic E-state index is 0.631. The molecule has 2 saturated heterocycles. The molecule has 0 radical (unpaired) electrons. The van der Waals surface area contributed by atoms with E-state index in [1.807, 2.05) is 12.1 Å². The van der Waals surface area contributed by atoms with Crippen molar-refractivity contribution in [3.05, 3.63) is 28.8 Å². The Hall–Kier alpha value is -1.24. The van der Waals surface area contributed by atoms with Crippen molar-refractivity contribution in [1.82, 2.24) is 4.90 Å². The average molecular weight is 276 g/mol. The van der Waals surface area contributed by atoms with Crippen molar-refractivity contribution < 1.29 is 0 Å². The molecule has 1 aromatic rings. The molecule has 0 bridgehead atoms. The fourth-order valence-corrected chi connectivity index (χ4v) is 3.56. The first-order chi connectivity index (χ1) is 9.28. The summed E-state index contributed by atoms with van der Waals surface area (Å²) in [5, 5.41) is 9.60. The molecule has 2 aliphatic heterocycles. The lowest BCUT2D eigenvalue weighted by atomic mass is 10.1. The molecule has 1 aromatic carbocycles. The summed E-state index contributed by atoms with van der Waals surface area (Å²) in [6, 6.07) is 8.43. The molecule has 100 valence electrons. The van der Waals surface area contributed by atoms with Crippen molar-refractivity contribution in [2.75, 3.05) is 31.1 Å². The molecule has 3 rings (SSSR count). The molecule has 1 atom stereocenters. The number of nitriles is 1. The van der Waals surface area contributed by atoms with Gasteiger partial charge in [-0.05, 0) is 44.0 Å². The molecule has 0 saturated carbocycles. The Morgan fingerprint density at radius 3 is 2.84 bits per heavy atom. The van der Waals surface area contributed by atoms with Gasteiger partial charge in [-0.2, -0.15) is 5.26 Å². The molecule has 19 heavy (non-hydrogen) atoms. The summed E-state index contributed by atoms with van der Waals surface area (Å²) in [5.41, 5.74) is 1.71. The van der Waals surface area contributed by atoms with E-state index >= 15 is 0 Å². The number of fused-ring (bicyclic) bond motifs is 1. The van der Waals surface area contributed by atoms with Crippen molar-refractivity contribution in [2.45, 2.75) is 25.3 Å². The van der Waals surface area contributed by atoms with Crippen LogP contribution in [0.4, 0.5) is 5.69 Å². The van der Waals surface area contributed by atoms with Crippen LogP contribution in [0, 0.1) is 11.3 Å². The normalized spacial score (nSPS) is 23.8. The third-order valence-electron chi connectivity index (χ3n) is 4.22. The van der Waals surface area contributed by atoms with Crippen LogP contribution in [0.15, 0.2) is 18.2 Å². The molecule has 2 fully saturated rings. The van der Waals surface area contributed by atoms with Gasteiger partial charge in [0.2, 0.25) is 0 Å². The maximum atomic E-state index is 8.90. The third-order valence-corrected chi connectivity index (χ3v) is 4.52. The standard InChI is InChI=1S/C15H18ClN3/c16-14-9-12(10-17)4-5-15(14)19-8-2-7-18-6-1-3-13(18)11-19/h4-5,9,13H,1-3,6-8,11H2. The minimum absolute atomic E-state index is 0.631. The molecule has 3 nitrogen and oxygen atoms in total. The van der Waals surface area contributed by atoms with Crippen LogP contribution in [0.5, 0.6) is 0 Å². The van der Waals surface area contributed by atoms with Crippen LogP contribution in [-0.2, 0) is 0 Å². The fraction of sp³-hybridized carbons (Fsp3) is 0.533. The molecule has 0 N–H and O–H groups in total. The van der Waals surface area contributed by atoms with Crippen LogP contribution in [0.3, 0.4) is 0 Å². The second-order valence-electron chi connectivity index (χ2n) is 5.41. The monoisotopic (exact) mass is 275 g/mol. The topological polar surface area (TPSA) is 30.3 Å². The van der Waals surface area contributed by atoms with E-state index in [1.165, 1.54) is 32.4 Å². The average Bonchev–Trinajstić information content (AvgIpc) is 2.76. The van der Waals surface area contributed by atoms with Crippen LogP contribution in [0.1, 0.15) is 24.8 Å². The molecule has 0 amide bonds. The van der Waals surface area contributed by atoms with E-state index in [9.17, 15) is 0 Å². The summed E-state index contributed by atoms with van der Waals surface area (Å²) < 4.78 is 0. The number of hydrogen-bond acceptors (Lipinski definition) is 3. The zero-order valence-electron chi connectivity index (χ0n) is 11.0. The van der Waals surface area contributed by atoms with E-state index in [1.54, 1.807) is 6.07 Å². The van der Waals surface area contributed by atoms with E-state index in [4.69, 9.17) is 16.9 Å². The van der Waals surface area contributed by atoms with Gasteiger partial charge in [-0.1, -0.05) is 11.6 Å². The molecular formula is C15H18ClN3. The highest BCUT2D eigenvalue weighted by molar-refractivity contribution is 6.33. The SMILES string of the molecule is N#Cc1ccc(N2CCCN3CCCC3C2)c(Cl)c1. The maximum Gasteiger partial charge on any atom is 0.0992 e. The van der Waals surface area contributed by atoms with Crippen molar-refractivity contribution in [3.63, 3.8) is 0 Å². The number of nitrogens with zero attached hydrogens (tertiary/aromatic N) is 3. The summed E-state index contributed by atoms with van der Waals surface area (Å²) in [6.07, 6.45) is 3.80. The maximum absolute atomic E-state index is 8.90. The molecule has 0 aromatic heterocycles. The zero-order chi connectivity index (χ0) is 13.2. The van der Waals surface area contributed by atoms with E-state index in [2.05, 4.69) is 15.9 Å². The summed E-state index contributed by atoms with van der Waals surface area (Å²) in [5.74, 6) is 0. The number of hydrogen-bond donors (Lipinski definition) is 0. The summed E-state index contributed by atoms with van der Waals surface area (Å²) in [4.78, 5) is 5.00. The van der Waals surface area contributed by atoms with Gasteiger partial charge < -0.3 is 4.90 Å². The van der Waals surface area contributed by atoms with Crippen molar-refractivity contribution >= 4 is 17.3 Å². The zero-order valence-corrected chi connectivity index (χ0v) is 11.7. The van der Waals surface area contributed by atoms with E-state index in [-0.39, 0.29) is 0 Å². The van der Waals surface area contributed by atoms with Gasteiger partial charge in [-0.3, -0.25) is 4.90 Å². The molecule has 2 heterocycles. The summed E-state index contributed by atoms with van der Waals surface area (Å²) >= 11 is 6.33. The van der Waals surface area contributed by atoms with Crippen LogP contribution in [-0.4, -0.2) is 37.1 Å². The first-order valence-electron chi connectivity index (χ1n) is 6.96. The molecular weight excluding hydrogens is 258 g/mol. The van der Waals surface area contributed by atoms with Gasteiger partial charge in [0.25, 0.3) is 0 Å². The Balaban J connectivity index is 1.83. The quantitative estimate of drug-likeness (QED) is 0.789. The Morgan fingerprint density at radius 2 is 2.05 bits per heavy atom. The van der Waals surface area contributed by atoms with Crippen LogP contribution < -0.4 is 4.90 Å². The predicted octanol–water partition coefficient (Wildman–Crippen LogP) is 2.89. The Labute approximate surface area is 119 Å². The first kappa shape index (κ1) is 12.8. The van der Waals surface area contributed by atoms with Gasteiger partial charge in [-0.15, -0.1) is 0 Å². The van der Waals surface area contributed by atoms with Gasteiger partial charge in [0.15, 0.2) is 0 Å². The third kappa shape index (κ3) is 2.56. The number of benzene rings is 1. The van der Waals surface area contributed by atoms with E-state index in [0.717, 1.165) is 18.8 Å². The Bertz CT molecular complexity index is 509. The molecule has 4 heteroatoms. The minimum Gasteiger partial charge on any atom is -0.369 e. The predicted molar refractivity (Wildman–Crippen MR) is 77.6 cm³/mol. The van der Waals surface area contributed by atoms with E-state index < -0.39 is 0 Å².